The van der Waals surface area contributed by atoms with Crippen LogP contribution in [0.4, 0.5) is 10.5 Å². The SMILES string of the molecule is COc1cc(/C=C2\C(=O)NC(=O)N(c3ccc(Br)cc3)C2=O)cc(Cl)c1OCc1cccc2ccccc12. The summed E-state index contributed by atoms with van der Waals surface area (Å²) in [6.07, 6.45) is 1.36. The lowest BCUT2D eigenvalue weighted by Crippen LogP contribution is -2.54. The van der Waals surface area contributed by atoms with Gasteiger partial charge in [0.1, 0.15) is 12.2 Å². The molecule has 1 aliphatic heterocycles. The Labute approximate surface area is 231 Å². The first-order valence-electron chi connectivity index (χ1n) is 11.5. The third-order valence-electron chi connectivity index (χ3n) is 6.00. The smallest absolute Gasteiger partial charge is 0.335 e. The van der Waals surface area contributed by atoms with Gasteiger partial charge in [-0.1, -0.05) is 70.0 Å². The minimum Gasteiger partial charge on any atom is -0.493 e. The molecule has 5 rings (SSSR count). The van der Waals surface area contributed by atoms with Crippen LogP contribution in [0.5, 0.6) is 11.5 Å². The molecule has 1 N–H and O–H groups in total. The third-order valence-corrected chi connectivity index (χ3v) is 6.81. The fraction of sp³-hybridized carbons (Fsp3) is 0.0690. The van der Waals surface area contributed by atoms with E-state index in [2.05, 4.69) is 21.2 Å². The number of amides is 4. The number of nitrogens with one attached hydrogen (secondary N) is 1. The minimum absolute atomic E-state index is 0.227. The van der Waals surface area contributed by atoms with Gasteiger partial charge in [-0.15, -0.1) is 0 Å². The first-order chi connectivity index (χ1) is 18.4. The highest BCUT2D eigenvalue weighted by molar-refractivity contribution is 9.10. The fourth-order valence-corrected chi connectivity index (χ4v) is 4.72. The number of carbonyl (C=O) groups is 3. The minimum atomic E-state index is -0.827. The van der Waals surface area contributed by atoms with Crippen LogP contribution in [0.1, 0.15) is 11.1 Å². The molecule has 1 heterocycles. The van der Waals surface area contributed by atoms with E-state index in [0.717, 1.165) is 25.7 Å². The van der Waals surface area contributed by atoms with Crippen molar-refractivity contribution < 1.29 is 23.9 Å². The van der Waals surface area contributed by atoms with Crippen molar-refractivity contribution >= 4 is 67.9 Å². The predicted molar refractivity (Wildman–Crippen MR) is 149 cm³/mol. The number of halogens is 2. The van der Waals surface area contributed by atoms with E-state index in [0.29, 0.717) is 22.7 Å². The van der Waals surface area contributed by atoms with Crippen molar-refractivity contribution in [1.82, 2.24) is 5.32 Å². The Balaban J connectivity index is 1.44. The molecule has 0 radical (unpaired) electrons. The summed E-state index contributed by atoms with van der Waals surface area (Å²) >= 11 is 9.88. The molecule has 4 aromatic rings. The lowest BCUT2D eigenvalue weighted by atomic mass is 10.1. The van der Waals surface area contributed by atoms with Crippen LogP contribution >= 0.6 is 27.5 Å². The van der Waals surface area contributed by atoms with Crippen LogP contribution in [0.2, 0.25) is 5.02 Å². The Kier molecular flexibility index (Phi) is 7.18. The Morgan fingerprint density at radius 2 is 1.71 bits per heavy atom. The van der Waals surface area contributed by atoms with Crippen LogP contribution in [0.15, 0.2) is 88.9 Å². The molecule has 0 aliphatic carbocycles. The number of fused-ring (bicyclic) bond motifs is 1. The zero-order valence-electron chi connectivity index (χ0n) is 20.0. The summed E-state index contributed by atoms with van der Waals surface area (Å²) in [6.45, 7) is 0.253. The van der Waals surface area contributed by atoms with Gasteiger partial charge >= 0.3 is 6.03 Å². The van der Waals surface area contributed by atoms with Crippen molar-refractivity contribution in [2.75, 3.05) is 12.0 Å². The van der Waals surface area contributed by atoms with E-state index in [1.165, 1.54) is 13.2 Å². The Morgan fingerprint density at radius 1 is 0.974 bits per heavy atom. The number of nitrogens with zero attached hydrogens (tertiary/aromatic N) is 1. The average molecular weight is 592 g/mol. The van der Waals surface area contributed by atoms with Crippen LogP contribution in [0.25, 0.3) is 16.8 Å². The maximum Gasteiger partial charge on any atom is 0.335 e. The first kappa shape index (κ1) is 25.5. The molecule has 190 valence electrons. The number of anilines is 1. The maximum atomic E-state index is 13.2. The average Bonchev–Trinajstić information content (AvgIpc) is 2.91. The zero-order chi connectivity index (χ0) is 26.8. The Morgan fingerprint density at radius 3 is 2.47 bits per heavy atom. The van der Waals surface area contributed by atoms with Crippen molar-refractivity contribution in [2.45, 2.75) is 6.61 Å². The molecule has 38 heavy (non-hydrogen) atoms. The van der Waals surface area contributed by atoms with E-state index < -0.39 is 17.8 Å². The number of ether oxygens (including phenoxy) is 2. The standard InChI is InChI=1S/C29H20BrClN2O5/c1-37-25-15-17(13-23-27(34)32-29(36)33(28(23)35)21-11-9-20(30)10-12-21)14-24(31)26(25)38-16-19-7-4-6-18-5-2-3-8-22(18)19/h2-15H,16H2,1H3,(H,32,34,36)/b23-13+. The van der Waals surface area contributed by atoms with Gasteiger partial charge in [0, 0.05) is 4.47 Å². The summed E-state index contributed by atoms with van der Waals surface area (Å²) < 4.78 is 12.3. The molecule has 1 saturated heterocycles. The quantitative estimate of drug-likeness (QED) is 0.204. The van der Waals surface area contributed by atoms with Gasteiger partial charge in [-0.3, -0.25) is 14.9 Å². The summed E-state index contributed by atoms with van der Waals surface area (Å²) in [5.41, 5.74) is 1.50. The molecule has 4 aromatic carbocycles. The van der Waals surface area contributed by atoms with Crippen LogP contribution < -0.4 is 19.7 Å². The molecule has 4 amide bonds. The van der Waals surface area contributed by atoms with Gasteiger partial charge in [-0.05, 0) is 64.4 Å². The first-order valence-corrected chi connectivity index (χ1v) is 12.7. The summed E-state index contributed by atoms with van der Waals surface area (Å²) in [5, 5.41) is 4.61. The fourth-order valence-electron chi connectivity index (χ4n) is 4.18. The summed E-state index contributed by atoms with van der Waals surface area (Å²) in [4.78, 5) is 39.1. The number of rotatable bonds is 6. The monoisotopic (exact) mass is 590 g/mol. The van der Waals surface area contributed by atoms with Gasteiger partial charge < -0.3 is 9.47 Å². The molecule has 0 atom stereocenters. The van der Waals surface area contributed by atoms with Gasteiger partial charge in [0.2, 0.25) is 0 Å². The number of imide groups is 2. The molecule has 0 unspecified atom stereocenters. The second-order valence-corrected chi connectivity index (χ2v) is 9.72. The number of urea groups is 1. The van der Waals surface area contributed by atoms with Crippen LogP contribution in [-0.4, -0.2) is 25.0 Å². The Hall–Kier alpha value is -4.14. The van der Waals surface area contributed by atoms with Gasteiger partial charge in [-0.25, -0.2) is 9.69 Å². The molecular formula is C29H20BrClN2O5. The number of carbonyl (C=O) groups excluding carboxylic acids is 3. The van der Waals surface area contributed by atoms with Crippen molar-refractivity contribution in [3.8, 4) is 11.5 Å². The molecule has 9 heteroatoms. The van der Waals surface area contributed by atoms with Gasteiger partial charge in [-0.2, -0.15) is 0 Å². The van der Waals surface area contributed by atoms with Crippen molar-refractivity contribution in [1.29, 1.82) is 0 Å². The molecule has 1 aliphatic rings. The summed E-state index contributed by atoms with van der Waals surface area (Å²) in [5.74, 6) is -0.906. The lowest BCUT2D eigenvalue weighted by Gasteiger charge is -2.26. The van der Waals surface area contributed by atoms with Gasteiger partial charge in [0.05, 0.1) is 17.8 Å². The molecule has 0 spiro atoms. The van der Waals surface area contributed by atoms with Crippen LogP contribution in [0.3, 0.4) is 0 Å². The van der Waals surface area contributed by atoms with Crippen molar-refractivity contribution in [3.63, 3.8) is 0 Å². The largest absolute Gasteiger partial charge is 0.493 e. The highest BCUT2D eigenvalue weighted by Gasteiger charge is 2.36. The second-order valence-electron chi connectivity index (χ2n) is 8.40. The molecule has 1 fully saturated rings. The zero-order valence-corrected chi connectivity index (χ0v) is 22.4. The van der Waals surface area contributed by atoms with E-state index in [-0.39, 0.29) is 17.2 Å². The van der Waals surface area contributed by atoms with E-state index in [1.54, 1.807) is 36.4 Å². The van der Waals surface area contributed by atoms with Gasteiger partial charge in [0.15, 0.2) is 11.5 Å². The normalized spacial score (nSPS) is 14.7. The molecule has 0 saturated carbocycles. The Bertz CT molecular complexity index is 1610. The summed E-state index contributed by atoms with van der Waals surface area (Å²) in [7, 11) is 1.47. The second kappa shape index (κ2) is 10.7. The van der Waals surface area contributed by atoms with E-state index in [4.69, 9.17) is 21.1 Å². The van der Waals surface area contributed by atoms with E-state index in [1.807, 2.05) is 42.5 Å². The van der Waals surface area contributed by atoms with Crippen molar-refractivity contribution in [2.24, 2.45) is 0 Å². The molecule has 0 aromatic heterocycles. The van der Waals surface area contributed by atoms with E-state index in [9.17, 15) is 14.4 Å². The lowest BCUT2D eigenvalue weighted by molar-refractivity contribution is -0.122. The summed E-state index contributed by atoms with van der Waals surface area (Å²) in [6, 6.07) is 22.9. The predicted octanol–water partition coefficient (Wildman–Crippen LogP) is 6.51. The third kappa shape index (κ3) is 5.01. The maximum absolute atomic E-state index is 13.2. The van der Waals surface area contributed by atoms with E-state index >= 15 is 0 Å². The number of barbiturate groups is 1. The van der Waals surface area contributed by atoms with Crippen LogP contribution in [-0.2, 0) is 16.2 Å². The number of methoxy groups -OCH3 is 1. The highest BCUT2D eigenvalue weighted by Crippen LogP contribution is 2.38. The van der Waals surface area contributed by atoms with Gasteiger partial charge in [0.25, 0.3) is 11.8 Å². The number of benzene rings is 4. The molecule has 0 bridgehead atoms. The number of hydrogen-bond donors (Lipinski definition) is 1. The molecular weight excluding hydrogens is 572 g/mol. The number of hydrogen-bond acceptors (Lipinski definition) is 5. The van der Waals surface area contributed by atoms with Crippen LogP contribution in [0, 0.1) is 0 Å². The van der Waals surface area contributed by atoms with Crippen molar-refractivity contribution in [3.05, 3.63) is 105 Å². The molecule has 7 nitrogen and oxygen atoms in total. The topological polar surface area (TPSA) is 84.9 Å². The highest BCUT2D eigenvalue weighted by atomic mass is 79.9.